The van der Waals surface area contributed by atoms with Crippen LogP contribution < -0.4 is 5.32 Å². The second kappa shape index (κ2) is 5.98. The van der Waals surface area contributed by atoms with Gasteiger partial charge in [-0.1, -0.05) is 6.92 Å². The van der Waals surface area contributed by atoms with Crippen molar-refractivity contribution in [3.63, 3.8) is 0 Å². The molecule has 0 amide bonds. The molecule has 0 aliphatic carbocycles. The van der Waals surface area contributed by atoms with Crippen LogP contribution in [0, 0.1) is 0 Å². The first-order valence-electron chi connectivity index (χ1n) is 4.76. The second-order valence-corrected chi connectivity index (χ2v) is 4.04. The molecule has 1 N–H and O–H groups in total. The van der Waals surface area contributed by atoms with Crippen LogP contribution in [0.25, 0.3) is 0 Å². The van der Waals surface area contributed by atoms with Crippen LogP contribution in [0.3, 0.4) is 0 Å². The normalized spacial score (nSPS) is 13.1. The summed E-state index contributed by atoms with van der Waals surface area (Å²) in [6.45, 7) is 5.87. The van der Waals surface area contributed by atoms with Gasteiger partial charge in [0.05, 0.1) is 12.6 Å². The molecular formula is C8H17N5S. The SMILES string of the molecule is CCNCc1nnnn1C(C)CSC. The predicted octanol–water partition coefficient (Wildman–Crippen LogP) is 0.707. The average molecular weight is 215 g/mol. The van der Waals surface area contributed by atoms with Crippen LogP contribution in [0.4, 0.5) is 0 Å². The largest absolute Gasteiger partial charge is 0.310 e. The lowest BCUT2D eigenvalue weighted by atomic mass is 10.4. The highest BCUT2D eigenvalue weighted by molar-refractivity contribution is 7.98. The van der Waals surface area contributed by atoms with E-state index in [9.17, 15) is 0 Å². The zero-order chi connectivity index (χ0) is 10.4. The van der Waals surface area contributed by atoms with Gasteiger partial charge in [0.2, 0.25) is 0 Å². The lowest BCUT2D eigenvalue weighted by Crippen LogP contribution is -2.19. The topological polar surface area (TPSA) is 55.6 Å². The first-order valence-corrected chi connectivity index (χ1v) is 6.15. The van der Waals surface area contributed by atoms with Gasteiger partial charge in [0, 0.05) is 5.75 Å². The summed E-state index contributed by atoms with van der Waals surface area (Å²) >= 11 is 1.80. The van der Waals surface area contributed by atoms with E-state index in [4.69, 9.17) is 0 Å². The Morgan fingerprint density at radius 1 is 1.57 bits per heavy atom. The molecule has 1 aromatic rings. The van der Waals surface area contributed by atoms with Crippen molar-refractivity contribution in [2.24, 2.45) is 0 Å². The van der Waals surface area contributed by atoms with Crippen LogP contribution in [-0.4, -0.2) is 38.8 Å². The summed E-state index contributed by atoms with van der Waals surface area (Å²) in [5.74, 6) is 1.94. The van der Waals surface area contributed by atoms with E-state index in [2.05, 4.69) is 40.9 Å². The van der Waals surface area contributed by atoms with E-state index in [1.807, 2.05) is 4.68 Å². The van der Waals surface area contributed by atoms with E-state index in [0.717, 1.165) is 24.7 Å². The summed E-state index contributed by atoms with van der Waals surface area (Å²) in [7, 11) is 0. The third kappa shape index (κ3) is 2.95. The summed E-state index contributed by atoms with van der Waals surface area (Å²) in [5, 5.41) is 14.9. The monoisotopic (exact) mass is 215 g/mol. The molecule has 1 atom stereocenters. The third-order valence-electron chi connectivity index (χ3n) is 1.92. The van der Waals surface area contributed by atoms with Gasteiger partial charge in [-0.3, -0.25) is 0 Å². The van der Waals surface area contributed by atoms with Crippen molar-refractivity contribution >= 4 is 11.8 Å². The predicted molar refractivity (Wildman–Crippen MR) is 58.3 cm³/mol. The highest BCUT2D eigenvalue weighted by atomic mass is 32.2. The molecule has 6 heteroatoms. The Balaban J connectivity index is 2.61. The van der Waals surface area contributed by atoms with Crippen LogP contribution >= 0.6 is 11.8 Å². The van der Waals surface area contributed by atoms with Crippen molar-refractivity contribution in [1.29, 1.82) is 0 Å². The van der Waals surface area contributed by atoms with Crippen molar-refractivity contribution in [2.75, 3.05) is 18.6 Å². The van der Waals surface area contributed by atoms with E-state index in [-0.39, 0.29) is 0 Å². The molecule has 0 aliphatic heterocycles. The van der Waals surface area contributed by atoms with E-state index < -0.39 is 0 Å². The van der Waals surface area contributed by atoms with Gasteiger partial charge in [0.15, 0.2) is 5.82 Å². The fraction of sp³-hybridized carbons (Fsp3) is 0.875. The number of hydrogen-bond donors (Lipinski definition) is 1. The molecule has 1 aromatic heterocycles. The Labute approximate surface area is 88.6 Å². The molecule has 80 valence electrons. The van der Waals surface area contributed by atoms with E-state index in [1.165, 1.54) is 0 Å². The standard InChI is InChI=1S/C8H17N5S/c1-4-9-5-8-10-11-12-13(8)7(2)6-14-3/h7,9H,4-6H2,1-3H3. The Morgan fingerprint density at radius 2 is 2.36 bits per heavy atom. The van der Waals surface area contributed by atoms with Crippen molar-refractivity contribution < 1.29 is 0 Å². The summed E-state index contributed by atoms with van der Waals surface area (Å²) in [5.41, 5.74) is 0. The lowest BCUT2D eigenvalue weighted by molar-refractivity contribution is 0.489. The molecule has 1 heterocycles. The number of nitrogens with zero attached hydrogens (tertiary/aromatic N) is 4. The highest BCUT2D eigenvalue weighted by Crippen LogP contribution is 2.10. The maximum Gasteiger partial charge on any atom is 0.165 e. The second-order valence-electron chi connectivity index (χ2n) is 3.12. The van der Waals surface area contributed by atoms with Gasteiger partial charge < -0.3 is 5.32 Å². The summed E-state index contributed by atoms with van der Waals surface area (Å²) in [4.78, 5) is 0. The van der Waals surface area contributed by atoms with Crippen molar-refractivity contribution in [3.05, 3.63) is 5.82 Å². The minimum atomic E-state index is 0.355. The Kier molecular flexibility index (Phi) is 4.89. The van der Waals surface area contributed by atoms with Crippen molar-refractivity contribution in [2.45, 2.75) is 26.4 Å². The number of thioether (sulfide) groups is 1. The van der Waals surface area contributed by atoms with Gasteiger partial charge in [-0.2, -0.15) is 11.8 Å². The first kappa shape index (κ1) is 11.5. The molecule has 0 spiro atoms. The van der Waals surface area contributed by atoms with Crippen molar-refractivity contribution in [3.8, 4) is 0 Å². The zero-order valence-corrected chi connectivity index (χ0v) is 9.71. The molecule has 0 saturated heterocycles. The minimum Gasteiger partial charge on any atom is -0.310 e. The van der Waals surface area contributed by atoms with Crippen LogP contribution in [0.5, 0.6) is 0 Å². The highest BCUT2D eigenvalue weighted by Gasteiger charge is 2.11. The van der Waals surface area contributed by atoms with Crippen LogP contribution in [0.2, 0.25) is 0 Å². The van der Waals surface area contributed by atoms with Gasteiger partial charge in [-0.05, 0) is 30.2 Å². The fourth-order valence-electron chi connectivity index (χ4n) is 1.22. The van der Waals surface area contributed by atoms with Crippen LogP contribution in [0.1, 0.15) is 25.7 Å². The number of rotatable bonds is 6. The molecule has 0 aromatic carbocycles. The van der Waals surface area contributed by atoms with Crippen molar-refractivity contribution in [1.82, 2.24) is 25.5 Å². The molecule has 1 unspecified atom stereocenters. The van der Waals surface area contributed by atoms with Gasteiger partial charge >= 0.3 is 0 Å². The smallest absolute Gasteiger partial charge is 0.165 e. The minimum absolute atomic E-state index is 0.355. The third-order valence-corrected chi connectivity index (χ3v) is 2.74. The van der Waals surface area contributed by atoms with Crippen LogP contribution in [0.15, 0.2) is 0 Å². The summed E-state index contributed by atoms with van der Waals surface area (Å²) in [6, 6.07) is 0.355. The molecule has 14 heavy (non-hydrogen) atoms. The molecule has 5 nitrogen and oxygen atoms in total. The quantitative estimate of drug-likeness (QED) is 0.757. The number of hydrogen-bond acceptors (Lipinski definition) is 5. The molecule has 0 aliphatic rings. The maximum atomic E-state index is 3.99. The average Bonchev–Trinajstić information content (AvgIpc) is 2.63. The van der Waals surface area contributed by atoms with E-state index in [1.54, 1.807) is 11.8 Å². The van der Waals surface area contributed by atoms with Gasteiger partial charge in [-0.25, -0.2) is 4.68 Å². The summed E-state index contributed by atoms with van der Waals surface area (Å²) in [6.07, 6.45) is 2.09. The van der Waals surface area contributed by atoms with Gasteiger partial charge in [-0.15, -0.1) is 5.10 Å². The fourth-order valence-corrected chi connectivity index (χ4v) is 1.84. The molecule has 0 radical (unpaired) electrons. The van der Waals surface area contributed by atoms with E-state index in [0.29, 0.717) is 6.04 Å². The van der Waals surface area contributed by atoms with Gasteiger partial charge in [0.1, 0.15) is 0 Å². The zero-order valence-electron chi connectivity index (χ0n) is 8.90. The number of nitrogens with one attached hydrogen (secondary N) is 1. The van der Waals surface area contributed by atoms with Gasteiger partial charge in [0.25, 0.3) is 0 Å². The molecule has 0 saturated carbocycles. The molecule has 1 rings (SSSR count). The van der Waals surface area contributed by atoms with E-state index >= 15 is 0 Å². The number of aromatic nitrogens is 4. The number of tetrazole rings is 1. The molecule has 0 bridgehead atoms. The molecule has 0 fully saturated rings. The maximum absolute atomic E-state index is 3.99. The Hall–Kier alpha value is -0.620. The summed E-state index contributed by atoms with van der Waals surface area (Å²) < 4.78 is 1.89. The Morgan fingerprint density at radius 3 is 3.00 bits per heavy atom. The molecular weight excluding hydrogens is 198 g/mol. The van der Waals surface area contributed by atoms with Crippen LogP contribution in [-0.2, 0) is 6.54 Å². The Bertz CT molecular complexity index is 262. The first-order chi connectivity index (χ1) is 6.79. The lowest BCUT2D eigenvalue weighted by Gasteiger charge is -2.11.